The zero-order valence-corrected chi connectivity index (χ0v) is 45.4. The molecule has 26 heteroatoms. The molecule has 9 atom stereocenters. The van der Waals surface area contributed by atoms with Crippen LogP contribution in [-0.2, 0) is 64.0 Å². The van der Waals surface area contributed by atoms with Crippen LogP contribution < -0.4 is 60.2 Å². The molecule has 1 heterocycles. The van der Waals surface area contributed by atoms with Crippen molar-refractivity contribution in [3.8, 4) is 11.5 Å². The Kier molecular flexibility index (Phi) is 24.2. The summed E-state index contributed by atoms with van der Waals surface area (Å²) in [5, 5.41) is 49.7. The predicted octanol–water partition coefficient (Wildman–Crippen LogP) is -0.768. The Bertz CT molecular complexity index is 2760. The van der Waals surface area contributed by atoms with Gasteiger partial charge in [-0.05, 0) is 110 Å². The molecular formula is C53H66ClN11O12S2. The Morgan fingerprint density at radius 1 is 0.646 bits per heavy atom. The van der Waals surface area contributed by atoms with Crippen LogP contribution in [0, 0.1) is 0 Å². The lowest BCUT2D eigenvalue weighted by Gasteiger charge is -2.29. The zero-order chi connectivity index (χ0) is 57.8. The lowest BCUT2D eigenvalue weighted by atomic mass is 10.00. The molecule has 4 aromatic carbocycles. The van der Waals surface area contributed by atoms with E-state index in [9.17, 15) is 58.5 Å². The fourth-order valence-electron chi connectivity index (χ4n) is 8.03. The molecule has 0 saturated carbocycles. The molecule has 0 bridgehead atoms. The molecule has 2 unspecified atom stereocenters. The van der Waals surface area contributed by atoms with E-state index in [-0.39, 0.29) is 73.6 Å². The molecule has 1 aliphatic heterocycles. The molecule has 1 aliphatic rings. The zero-order valence-electron chi connectivity index (χ0n) is 43.0. The van der Waals surface area contributed by atoms with E-state index in [1.54, 1.807) is 24.3 Å². The minimum absolute atomic E-state index is 0.0249. The summed E-state index contributed by atoms with van der Waals surface area (Å²) in [6.07, 6.45) is -1.57. The van der Waals surface area contributed by atoms with E-state index in [1.165, 1.54) is 79.7 Å². The Morgan fingerprint density at radius 2 is 1.14 bits per heavy atom. The van der Waals surface area contributed by atoms with Gasteiger partial charge in [-0.1, -0.05) is 81.7 Å². The summed E-state index contributed by atoms with van der Waals surface area (Å²) in [7, 11) is 1.90. The minimum Gasteiger partial charge on any atom is -0.508 e. The normalized spacial score (nSPS) is 21.1. The van der Waals surface area contributed by atoms with Crippen LogP contribution in [0.25, 0.3) is 0 Å². The molecule has 0 radical (unpaired) electrons. The van der Waals surface area contributed by atoms with Crippen LogP contribution in [0.1, 0.15) is 58.8 Å². The van der Waals surface area contributed by atoms with E-state index in [1.807, 2.05) is 0 Å². The van der Waals surface area contributed by atoms with Crippen molar-refractivity contribution in [1.82, 2.24) is 37.2 Å². The number of carbonyl (C=O) groups is 9. The van der Waals surface area contributed by atoms with Crippen molar-refractivity contribution < 1.29 is 58.5 Å². The molecule has 79 heavy (non-hydrogen) atoms. The van der Waals surface area contributed by atoms with Gasteiger partial charge in [0.15, 0.2) is 0 Å². The number of aliphatic hydroxyl groups is 1. The number of aliphatic hydroxyl groups excluding tert-OH is 1. The maximum Gasteiger partial charge on any atom is 0.248 e. The lowest BCUT2D eigenvalue weighted by molar-refractivity contribution is -0.136. The van der Waals surface area contributed by atoms with E-state index in [0.29, 0.717) is 33.7 Å². The van der Waals surface area contributed by atoms with Crippen LogP contribution in [0.4, 0.5) is 0 Å². The van der Waals surface area contributed by atoms with Gasteiger partial charge in [-0.3, -0.25) is 43.2 Å². The second-order valence-electron chi connectivity index (χ2n) is 18.8. The Labute approximate surface area is 468 Å². The summed E-state index contributed by atoms with van der Waals surface area (Å²) < 4.78 is 0. The van der Waals surface area contributed by atoms with Crippen molar-refractivity contribution in [2.45, 2.75) is 106 Å². The van der Waals surface area contributed by atoms with Gasteiger partial charge in [0.2, 0.25) is 53.2 Å². The Hall–Kier alpha value is -7.42. The first-order chi connectivity index (χ1) is 37.6. The van der Waals surface area contributed by atoms with Gasteiger partial charge < -0.3 is 75.5 Å². The molecule has 4 aromatic rings. The monoisotopic (exact) mass is 1150 g/mol. The number of nitrogens with two attached hydrogens (primary N) is 4. The number of hydrogen-bond acceptors (Lipinski definition) is 16. The standard InChI is InChI=1S/C53H66ClN11O12S2/c1-28(66)44-53(77)64-43(51(75)60-39(46(58)70)23-31-9-17-35(67)18-10-31)27-79-78-26-42(63-47(71)37(56)22-29-7-15-34(54)16-8-29)52(76)62-41(25-32-11-19-36(68)20-12-32)50(74)61-40(24-30-5-13-33(14-6-30)45(57)69)49(73)59-38(48(72)65-44)4-2-3-21-55/h5-20,28,37-44,66-68H,2-4,21-27,55-56H2,1H3,(H2,57,69)(H2,58,70)(H,59,73)(H,60,75)(H,61,74)(H,62,76)(H,63,71)(H,64,77)(H,65,72)/t28?,37-,38-,39+,40+,41-,42-,43-,44?/m0/s1. The summed E-state index contributed by atoms with van der Waals surface area (Å²) in [5.74, 6) is -8.79. The number of phenols is 2. The van der Waals surface area contributed by atoms with Gasteiger partial charge in [-0.25, -0.2) is 0 Å². The van der Waals surface area contributed by atoms with E-state index >= 15 is 0 Å². The number of hydrogen-bond donors (Lipinski definition) is 14. The highest BCUT2D eigenvalue weighted by atomic mass is 35.5. The number of aromatic hydroxyl groups is 2. The molecule has 9 amide bonds. The third-order valence-corrected chi connectivity index (χ3v) is 15.2. The van der Waals surface area contributed by atoms with Gasteiger partial charge in [-0.15, -0.1) is 0 Å². The fourth-order valence-corrected chi connectivity index (χ4v) is 10.5. The van der Waals surface area contributed by atoms with E-state index < -0.39 is 108 Å². The van der Waals surface area contributed by atoms with Crippen LogP contribution in [0.5, 0.6) is 11.5 Å². The van der Waals surface area contributed by atoms with Gasteiger partial charge in [0.25, 0.3) is 0 Å². The first-order valence-electron chi connectivity index (χ1n) is 25.1. The fraction of sp³-hybridized carbons (Fsp3) is 0.377. The molecule has 0 aromatic heterocycles. The summed E-state index contributed by atoms with van der Waals surface area (Å²) in [6.45, 7) is 1.41. The largest absolute Gasteiger partial charge is 0.508 e. The van der Waals surface area contributed by atoms with Crippen molar-refractivity contribution >= 4 is 86.4 Å². The number of phenolic OH excluding ortho intramolecular Hbond substituents is 2. The third-order valence-electron chi connectivity index (χ3n) is 12.5. The maximum absolute atomic E-state index is 14.7. The number of halogens is 1. The van der Waals surface area contributed by atoms with Crippen molar-refractivity contribution in [1.29, 1.82) is 0 Å². The number of benzene rings is 4. The Morgan fingerprint density at radius 3 is 1.68 bits per heavy atom. The van der Waals surface area contributed by atoms with Crippen molar-refractivity contribution in [2.75, 3.05) is 18.1 Å². The smallest absolute Gasteiger partial charge is 0.248 e. The van der Waals surface area contributed by atoms with Gasteiger partial charge in [0.1, 0.15) is 53.8 Å². The maximum atomic E-state index is 14.7. The van der Waals surface area contributed by atoms with Gasteiger partial charge >= 0.3 is 0 Å². The van der Waals surface area contributed by atoms with Gasteiger partial charge in [0.05, 0.1) is 12.1 Å². The van der Waals surface area contributed by atoms with E-state index in [0.717, 1.165) is 21.6 Å². The highest BCUT2D eigenvalue weighted by Crippen LogP contribution is 2.24. The highest BCUT2D eigenvalue weighted by Gasteiger charge is 2.36. The molecule has 0 spiro atoms. The Balaban J connectivity index is 1.57. The number of carbonyl (C=O) groups excluding carboxylic acids is 9. The first-order valence-corrected chi connectivity index (χ1v) is 28.0. The number of unbranched alkanes of at least 4 members (excludes halogenated alkanes) is 1. The number of amides is 9. The highest BCUT2D eigenvalue weighted by molar-refractivity contribution is 8.76. The van der Waals surface area contributed by atoms with Gasteiger partial charge in [0, 0.05) is 41.4 Å². The topological polar surface area (TPSA) is 403 Å². The summed E-state index contributed by atoms with van der Waals surface area (Å²) in [4.78, 5) is 125. The minimum atomic E-state index is -1.76. The summed E-state index contributed by atoms with van der Waals surface area (Å²) in [6, 6.07) is 12.2. The number of rotatable bonds is 19. The lowest BCUT2D eigenvalue weighted by Crippen LogP contribution is -2.62. The molecule has 1 saturated heterocycles. The van der Waals surface area contributed by atoms with Gasteiger partial charge in [-0.2, -0.15) is 0 Å². The number of primary amides is 2. The number of nitrogens with one attached hydrogen (secondary N) is 7. The van der Waals surface area contributed by atoms with Crippen LogP contribution in [0.3, 0.4) is 0 Å². The average Bonchev–Trinajstić information content (AvgIpc) is 3.41. The summed E-state index contributed by atoms with van der Waals surface area (Å²) in [5.41, 5.74) is 25.5. The molecular weight excluding hydrogens is 1080 g/mol. The second-order valence-corrected chi connectivity index (χ2v) is 21.8. The first kappa shape index (κ1) is 62.4. The third kappa shape index (κ3) is 20.1. The molecule has 1 fully saturated rings. The molecule has 424 valence electrons. The van der Waals surface area contributed by atoms with Crippen molar-refractivity contribution in [3.05, 3.63) is 130 Å². The van der Waals surface area contributed by atoms with Crippen LogP contribution in [0.2, 0.25) is 5.02 Å². The SMILES string of the molecule is CC(O)C1NC(=O)[C@H](CCCCN)NC(=O)[C@@H](Cc2ccc(C(N)=O)cc2)NC(=O)[C@H](Cc2ccc(O)cc2)NC(=O)[C@@H](NC(=O)[C@@H](N)Cc2ccc(Cl)cc2)CSSC[C@@H](C(=O)N[C@H](Cc2ccc(O)cc2)C(N)=O)NC1=O. The average molecular weight is 1150 g/mol. The van der Waals surface area contributed by atoms with Crippen molar-refractivity contribution in [2.24, 2.45) is 22.9 Å². The van der Waals surface area contributed by atoms with E-state index in [2.05, 4.69) is 37.2 Å². The molecule has 23 nitrogen and oxygen atoms in total. The van der Waals surface area contributed by atoms with Crippen LogP contribution >= 0.6 is 33.2 Å². The van der Waals surface area contributed by atoms with Crippen LogP contribution in [-0.4, -0.2) is 141 Å². The predicted molar refractivity (Wildman–Crippen MR) is 298 cm³/mol. The van der Waals surface area contributed by atoms with Crippen LogP contribution in [0.15, 0.2) is 97.1 Å². The van der Waals surface area contributed by atoms with Crippen molar-refractivity contribution in [3.63, 3.8) is 0 Å². The second kappa shape index (κ2) is 30.7. The summed E-state index contributed by atoms with van der Waals surface area (Å²) >= 11 is 6.07. The molecule has 18 N–H and O–H groups in total. The molecule has 0 aliphatic carbocycles. The molecule has 5 rings (SSSR count). The van der Waals surface area contributed by atoms with E-state index in [4.69, 9.17) is 34.5 Å². The quantitative estimate of drug-likeness (QED) is 0.0405.